The molecule has 1 saturated heterocycles. The minimum absolute atomic E-state index is 0. The fraction of sp³-hybridized carbons (Fsp3) is 0.889. The summed E-state index contributed by atoms with van der Waals surface area (Å²) in [5.74, 6) is -0.739. The molecule has 0 aliphatic carbocycles. The van der Waals surface area contributed by atoms with Crippen LogP contribution in [-0.2, 0) is 4.79 Å². The van der Waals surface area contributed by atoms with E-state index < -0.39 is 11.5 Å². The molecule has 0 amide bonds. The van der Waals surface area contributed by atoms with Crippen molar-refractivity contribution in [3.05, 3.63) is 0 Å². The molecule has 0 unspecified atom stereocenters. The predicted octanol–water partition coefficient (Wildman–Crippen LogP) is 1.25. The van der Waals surface area contributed by atoms with Crippen LogP contribution in [0.3, 0.4) is 0 Å². The highest BCUT2D eigenvalue weighted by molar-refractivity contribution is 8.93. The Kier molecular flexibility index (Phi) is 8.08. The first kappa shape index (κ1) is 17.7. The lowest BCUT2D eigenvalue weighted by molar-refractivity contribution is -0.150. The molecule has 15 heavy (non-hydrogen) atoms. The SMILES string of the molecule is Br.Br.CN1CCN(C(C)(C)C(=O)O)CC1. The van der Waals surface area contributed by atoms with Crippen LogP contribution < -0.4 is 0 Å². The van der Waals surface area contributed by atoms with Crippen LogP contribution in [0.1, 0.15) is 13.8 Å². The van der Waals surface area contributed by atoms with E-state index >= 15 is 0 Å². The van der Waals surface area contributed by atoms with Gasteiger partial charge in [-0.25, -0.2) is 0 Å². The Morgan fingerprint density at radius 3 is 1.87 bits per heavy atom. The van der Waals surface area contributed by atoms with Crippen molar-refractivity contribution in [1.29, 1.82) is 0 Å². The summed E-state index contributed by atoms with van der Waals surface area (Å²) in [6.07, 6.45) is 0. The quantitative estimate of drug-likeness (QED) is 0.816. The van der Waals surface area contributed by atoms with Gasteiger partial charge in [0.15, 0.2) is 0 Å². The Hall–Kier alpha value is 0.350. The largest absolute Gasteiger partial charge is 0.480 e. The Bertz CT molecular complexity index is 204. The van der Waals surface area contributed by atoms with Gasteiger partial charge in [-0.1, -0.05) is 0 Å². The van der Waals surface area contributed by atoms with Gasteiger partial charge in [0.2, 0.25) is 0 Å². The summed E-state index contributed by atoms with van der Waals surface area (Å²) in [4.78, 5) is 15.2. The molecule has 6 heteroatoms. The van der Waals surface area contributed by atoms with Crippen LogP contribution in [0, 0.1) is 0 Å². The van der Waals surface area contributed by atoms with Crippen molar-refractivity contribution >= 4 is 39.9 Å². The summed E-state index contributed by atoms with van der Waals surface area (Å²) in [5.41, 5.74) is -0.721. The molecule has 0 radical (unpaired) electrons. The van der Waals surface area contributed by atoms with Gasteiger partial charge >= 0.3 is 5.97 Å². The number of nitrogens with zero attached hydrogens (tertiary/aromatic N) is 2. The summed E-state index contributed by atoms with van der Waals surface area (Å²) in [7, 11) is 2.06. The fourth-order valence-corrected chi connectivity index (χ4v) is 1.50. The van der Waals surface area contributed by atoms with Crippen LogP contribution in [0.25, 0.3) is 0 Å². The van der Waals surface area contributed by atoms with E-state index in [1.807, 2.05) is 4.90 Å². The van der Waals surface area contributed by atoms with Gasteiger partial charge in [0.1, 0.15) is 5.54 Å². The van der Waals surface area contributed by atoms with E-state index in [2.05, 4.69) is 11.9 Å². The second-order valence-corrected chi connectivity index (χ2v) is 4.15. The van der Waals surface area contributed by atoms with Crippen LogP contribution in [0.2, 0.25) is 0 Å². The van der Waals surface area contributed by atoms with Gasteiger partial charge in [0.05, 0.1) is 0 Å². The maximum atomic E-state index is 10.9. The molecule has 1 aliphatic heterocycles. The maximum Gasteiger partial charge on any atom is 0.323 e. The predicted molar refractivity (Wildman–Crippen MR) is 71.4 cm³/mol. The number of hydrogen-bond acceptors (Lipinski definition) is 3. The summed E-state index contributed by atoms with van der Waals surface area (Å²) in [5, 5.41) is 9.00. The molecule has 1 fully saturated rings. The molecule has 0 saturated carbocycles. The lowest BCUT2D eigenvalue weighted by Gasteiger charge is -2.40. The van der Waals surface area contributed by atoms with Crippen molar-refractivity contribution in [2.45, 2.75) is 19.4 Å². The molecule has 92 valence electrons. The molecular weight excluding hydrogens is 328 g/mol. The summed E-state index contributed by atoms with van der Waals surface area (Å²) >= 11 is 0. The zero-order valence-electron chi connectivity index (χ0n) is 9.39. The first-order valence-electron chi connectivity index (χ1n) is 4.61. The number of likely N-dealkylation sites (N-methyl/N-ethyl adjacent to an activating group) is 1. The van der Waals surface area contributed by atoms with Crippen LogP contribution in [0.4, 0.5) is 0 Å². The molecule has 1 N–H and O–H groups in total. The molecular formula is C9H20Br2N2O2. The van der Waals surface area contributed by atoms with Gasteiger partial charge in [-0.05, 0) is 20.9 Å². The fourth-order valence-electron chi connectivity index (χ4n) is 1.50. The van der Waals surface area contributed by atoms with Crippen molar-refractivity contribution in [2.75, 3.05) is 33.2 Å². The van der Waals surface area contributed by atoms with Crippen molar-refractivity contribution in [3.63, 3.8) is 0 Å². The van der Waals surface area contributed by atoms with E-state index in [9.17, 15) is 4.79 Å². The third-order valence-corrected chi connectivity index (χ3v) is 2.82. The highest BCUT2D eigenvalue weighted by Crippen LogP contribution is 2.16. The molecule has 0 aromatic carbocycles. The van der Waals surface area contributed by atoms with E-state index in [1.54, 1.807) is 13.8 Å². The number of aliphatic carboxylic acids is 1. The molecule has 0 bridgehead atoms. The topological polar surface area (TPSA) is 43.8 Å². The lowest BCUT2D eigenvalue weighted by atomic mass is 10.0. The Balaban J connectivity index is 0. The van der Waals surface area contributed by atoms with Crippen LogP contribution >= 0.6 is 34.0 Å². The second kappa shape index (κ2) is 6.83. The van der Waals surface area contributed by atoms with Gasteiger partial charge < -0.3 is 10.0 Å². The van der Waals surface area contributed by atoms with Gasteiger partial charge in [0, 0.05) is 26.2 Å². The van der Waals surface area contributed by atoms with Crippen molar-refractivity contribution in [3.8, 4) is 0 Å². The molecule has 1 heterocycles. The van der Waals surface area contributed by atoms with Gasteiger partial charge in [-0.3, -0.25) is 9.69 Å². The van der Waals surface area contributed by atoms with E-state index in [1.165, 1.54) is 0 Å². The molecule has 0 aromatic heterocycles. The number of hydrogen-bond donors (Lipinski definition) is 1. The monoisotopic (exact) mass is 346 g/mol. The Morgan fingerprint density at radius 2 is 1.53 bits per heavy atom. The number of rotatable bonds is 2. The van der Waals surface area contributed by atoms with Crippen molar-refractivity contribution < 1.29 is 9.90 Å². The summed E-state index contributed by atoms with van der Waals surface area (Å²) in [6, 6.07) is 0. The van der Waals surface area contributed by atoms with E-state index in [0.717, 1.165) is 26.2 Å². The summed E-state index contributed by atoms with van der Waals surface area (Å²) in [6.45, 7) is 7.13. The van der Waals surface area contributed by atoms with Crippen LogP contribution in [-0.4, -0.2) is 59.6 Å². The number of piperazine rings is 1. The minimum Gasteiger partial charge on any atom is -0.480 e. The maximum absolute atomic E-state index is 10.9. The average Bonchev–Trinajstić information content (AvgIpc) is 2.04. The number of carboxylic acids is 1. The zero-order valence-corrected chi connectivity index (χ0v) is 12.8. The first-order chi connectivity index (χ1) is 5.94. The number of halogens is 2. The minimum atomic E-state index is -0.739. The molecule has 0 spiro atoms. The highest BCUT2D eigenvalue weighted by atomic mass is 79.9. The molecule has 1 rings (SSSR count). The molecule has 4 nitrogen and oxygen atoms in total. The van der Waals surface area contributed by atoms with E-state index in [0.29, 0.717) is 0 Å². The average molecular weight is 348 g/mol. The first-order valence-corrected chi connectivity index (χ1v) is 4.61. The molecule has 0 aromatic rings. The molecule has 0 atom stereocenters. The normalized spacial score (nSPS) is 18.9. The third-order valence-electron chi connectivity index (χ3n) is 2.82. The Labute approximate surface area is 112 Å². The second-order valence-electron chi connectivity index (χ2n) is 4.15. The highest BCUT2D eigenvalue weighted by Gasteiger charge is 2.35. The number of carboxylic acid groups (broad SMARTS) is 1. The zero-order chi connectivity index (χ0) is 10.1. The van der Waals surface area contributed by atoms with E-state index in [4.69, 9.17) is 5.11 Å². The smallest absolute Gasteiger partial charge is 0.323 e. The van der Waals surface area contributed by atoms with Gasteiger partial charge in [-0.15, -0.1) is 34.0 Å². The lowest BCUT2D eigenvalue weighted by Crippen LogP contribution is -2.57. The van der Waals surface area contributed by atoms with Crippen LogP contribution in [0.5, 0.6) is 0 Å². The molecule has 1 aliphatic rings. The van der Waals surface area contributed by atoms with Crippen LogP contribution in [0.15, 0.2) is 0 Å². The third kappa shape index (κ3) is 4.38. The summed E-state index contributed by atoms with van der Waals surface area (Å²) < 4.78 is 0. The number of carbonyl (C=O) groups is 1. The van der Waals surface area contributed by atoms with Crippen molar-refractivity contribution in [2.24, 2.45) is 0 Å². The van der Waals surface area contributed by atoms with Gasteiger partial charge in [0.25, 0.3) is 0 Å². The van der Waals surface area contributed by atoms with E-state index in [-0.39, 0.29) is 34.0 Å². The van der Waals surface area contributed by atoms with Gasteiger partial charge in [-0.2, -0.15) is 0 Å². The van der Waals surface area contributed by atoms with Crippen molar-refractivity contribution in [1.82, 2.24) is 9.80 Å². The Morgan fingerprint density at radius 1 is 1.13 bits per heavy atom. The standard InChI is InChI=1S/C9H18N2O2.2BrH/c1-9(2,8(12)13)11-6-4-10(3)5-7-11;;/h4-7H2,1-3H3,(H,12,13);2*1H.